The van der Waals surface area contributed by atoms with E-state index in [4.69, 9.17) is 4.74 Å². The van der Waals surface area contributed by atoms with Crippen LogP contribution in [0.25, 0.3) is 0 Å². The average molecular weight is 465 g/mol. The summed E-state index contributed by atoms with van der Waals surface area (Å²) in [7, 11) is -2.50. The van der Waals surface area contributed by atoms with Crippen molar-refractivity contribution in [2.45, 2.75) is 24.9 Å². The number of hydrogen-bond donors (Lipinski definition) is 0. The van der Waals surface area contributed by atoms with Gasteiger partial charge in [0.05, 0.1) is 24.8 Å². The highest BCUT2D eigenvalue weighted by atomic mass is 32.2. The number of methoxy groups -OCH3 is 1. The predicted octanol–water partition coefficient (Wildman–Crippen LogP) is 3.70. The van der Waals surface area contributed by atoms with Crippen LogP contribution in [0.3, 0.4) is 0 Å². The first-order chi connectivity index (χ1) is 15.9. The van der Waals surface area contributed by atoms with Crippen molar-refractivity contribution < 1.29 is 22.7 Å². The Morgan fingerprint density at radius 1 is 0.848 bits per heavy atom. The molecule has 0 fully saturated rings. The van der Waals surface area contributed by atoms with Crippen LogP contribution in [-0.2, 0) is 23.1 Å². The molecular formula is C25H24N2O5S. The third-order valence-corrected chi connectivity index (χ3v) is 7.56. The molecule has 4 rings (SSSR count). The number of sulfonamides is 1. The lowest BCUT2D eigenvalue weighted by Crippen LogP contribution is -2.31. The predicted molar refractivity (Wildman–Crippen MR) is 123 cm³/mol. The van der Waals surface area contributed by atoms with Gasteiger partial charge in [0, 0.05) is 13.1 Å². The molecule has 0 unspecified atom stereocenters. The Hall–Kier alpha value is -3.49. The highest BCUT2D eigenvalue weighted by Gasteiger charge is 2.35. The van der Waals surface area contributed by atoms with E-state index in [1.165, 1.54) is 17.5 Å². The van der Waals surface area contributed by atoms with Crippen LogP contribution in [0.2, 0.25) is 0 Å². The van der Waals surface area contributed by atoms with Crippen LogP contribution in [0, 0.1) is 0 Å². The van der Waals surface area contributed by atoms with Crippen molar-refractivity contribution in [2.75, 3.05) is 13.7 Å². The van der Waals surface area contributed by atoms with E-state index in [-0.39, 0.29) is 30.3 Å². The van der Waals surface area contributed by atoms with Crippen molar-refractivity contribution in [1.82, 2.24) is 9.21 Å². The van der Waals surface area contributed by atoms with Gasteiger partial charge >= 0.3 is 0 Å². The molecule has 8 heteroatoms. The van der Waals surface area contributed by atoms with Gasteiger partial charge in [0.1, 0.15) is 10.6 Å². The van der Waals surface area contributed by atoms with Gasteiger partial charge in [-0.15, -0.1) is 0 Å². The van der Waals surface area contributed by atoms with Crippen LogP contribution >= 0.6 is 0 Å². The molecule has 170 valence electrons. The maximum Gasteiger partial charge on any atom is 0.261 e. The minimum atomic E-state index is -3.91. The number of carbonyl (C=O) groups excluding carboxylic acids is 2. The van der Waals surface area contributed by atoms with Gasteiger partial charge in [-0.1, -0.05) is 55.5 Å². The van der Waals surface area contributed by atoms with E-state index in [1.807, 2.05) is 30.3 Å². The molecule has 0 atom stereocenters. The summed E-state index contributed by atoms with van der Waals surface area (Å²) in [4.78, 5) is 26.6. The van der Waals surface area contributed by atoms with E-state index in [0.29, 0.717) is 16.7 Å². The van der Waals surface area contributed by atoms with Crippen LogP contribution in [0.4, 0.5) is 0 Å². The topological polar surface area (TPSA) is 84.0 Å². The van der Waals surface area contributed by atoms with E-state index in [0.717, 1.165) is 10.5 Å². The van der Waals surface area contributed by atoms with Crippen LogP contribution in [0.1, 0.15) is 38.8 Å². The van der Waals surface area contributed by atoms with Gasteiger partial charge < -0.3 is 4.74 Å². The average Bonchev–Trinajstić information content (AvgIpc) is 3.08. The van der Waals surface area contributed by atoms with E-state index >= 15 is 0 Å². The fraction of sp³-hybridized carbons (Fsp3) is 0.200. The summed E-state index contributed by atoms with van der Waals surface area (Å²) >= 11 is 0. The molecule has 3 aromatic carbocycles. The van der Waals surface area contributed by atoms with E-state index in [1.54, 1.807) is 43.3 Å². The number of ether oxygens (including phenoxy) is 1. The SMILES string of the molecule is CCN(Cc1ccccc1)S(=O)(=O)c1cc(CN2C(=O)c3ccccc3C2=O)ccc1OC. The van der Waals surface area contributed by atoms with Crippen molar-refractivity contribution in [2.24, 2.45) is 0 Å². The van der Waals surface area contributed by atoms with Crippen LogP contribution in [0.5, 0.6) is 5.75 Å². The normalized spacial score (nSPS) is 13.5. The van der Waals surface area contributed by atoms with Crippen LogP contribution in [0.15, 0.2) is 77.7 Å². The van der Waals surface area contributed by atoms with Gasteiger partial charge in [0.25, 0.3) is 11.8 Å². The molecule has 1 heterocycles. The first-order valence-corrected chi connectivity index (χ1v) is 12.0. The molecule has 0 spiro atoms. The minimum Gasteiger partial charge on any atom is -0.495 e. The summed E-state index contributed by atoms with van der Waals surface area (Å²) in [5.74, 6) is -0.585. The lowest BCUT2D eigenvalue weighted by molar-refractivity contribution is 0.0642. The Morgan fingerprint density at radius 3 is 2.03 bits per heavy atom. The molecule has 1 aliphatic rings. The van der Waals surface area contributed by atoms with Crippen molar-refractivity contribution in [1.29, 1.82) is 0 Å². The maximum atomic E-state index is 13.5. The molecule has 2 amide bonds. The van der Waals surface area contributed by atoms with Crippen molar-refractivity contribution in [3.05, 3.63) is 95.1 Å². The highest BCUT2D eigenvalue weighted by molar-refractivity contribution is 7.89. The molecule has 0 N–H and O–H groups in total. The van der Waals surface area contributed by atoms with Gasteiger partial charge in [0.15, 0.2) is 0 Å². The quantitative estimate of drug-likeness (QED) is 0.475. The zero-order chi connectivity index (χ0) is 23.6. The highest BCUT2D eigenvalue weighted by Crippen LogP contribution is 2.31. The molecule has 3 aromatic rings. The Kier molecular flexibility index (Phi) is 6.31. The molecule has 0 aliphatic carbocycles. The zero-order valence-electron chi connectivity index (χ0n) is 18.4. The second kappa shape index (κ2) is 9.17. The first kappa shape index (κ1) is 22.7. The van der Waals surface area contributed by atoms with Crippen LogP contribution < -0.4 is 4.74 Å². The number of benzene rings is 3. The summed E-state index contributed by atoms with van der Waals surface area (Å²) < 4.78 is 33.8. The molecule has 0 saturated carbocycles. The maximum absolute atomic E-state index is 13.5. The van der Waals surface area contributed by atoms with Gasteiger partial charge in [0.2, 0.25) is 10.0 Å². The summed E-state index contributed by atoms with van der Waals surface area (Å²) in [6.07, 6.45) is 0. The number of carbonyl (C=O) groups is 2. The second-order valence-corrected chi connectivity index (χ2v) is 9.55. The largest absolute Gasteiger partial charge is 0.495 e. The molecule has 0 saturated heterocycles. The van der Waals surface area contributed by atoms with Crippen molar-refractivity contribution >= 4 is 21.8 Å². The Bertz CT molecular complexity index is 1270. The Labute approximate surface area is 193 Å². The number of imide groups is 1. The number of hydrogen-bond acceptors (Lipinski definition) is 5. The third kappa shape index (κ3) is 4.27. The molecule has 0 aromatic heterocycles. The monoisotopic (exact) mass is 464 g/mol. The number of amides is 2. The molecule has 0 bridgehead atoms. The smallest absolute Gasteiger partial charge is 0.261 e. The third-order valence-electron chi connectivity index (χ3n) is 5.62. The Balaban J connectivity index is 1.66. The lowest BCUT2D eigenvalue weighted by Gasteiger charge is -2.23. The zero-order valence-corrected chi connectivity index (χ0v) is 19.2. The number of fused-ring (bicyclic) bond motifs is 1. The molecule has 7 nitrogen and oxygen atoms in total. The van der Waals surface area contributed by atoms with Crippen LogP contribution in [-0.4, -0.2) is 43.1 Å². The van der Waals surface area contributed by atoms with Crippen molar-refractivity contribution in [3.8, 4) is 5.75 Å². The fourth-order valence-corrected chi connectivity index (χ4v) is 5.52. The summed E-state index contributed by atoms with van der Waals surface area (Å²) in [6.45, 7) is 2.22. The molecule has 0 radical (unpaired) electrons. The van der Waals surface area contributed by atoms with Crippen molar-refractivity contribution in [3.63, 3.8) is 0 Å². The summed E-state index contributed by atoms with van der Waals surface area (Å²) in [6, 6.07) is 20.7. The number of nitrogens with zero attached hydrogens (tertiary/aromatic N) is 2. The van der Waals surface area contributed by atoms with Gasteiger partial charge in [-0.3, -0.25) is 14.5 Å². The van der Waals surface area contributed by atoms with E-state index in [9.17, 15) is 18.0 Å². The first-order valence-electron chi connectivity index (χ1n) is 10.5. The second-order valence-electron chi connectivity index (χ2n) is 7.64. The van der Waals surface area contributed by atoms with Gasteiger partial charge in [-0.25, -0.2) is 8.42 Å². The number of rotatable bonds is 8. The fourth-order valence-electron chi connectivity index (χ4n) is 3.88. The Morgan fingerprint density at radius 2 is 1.45 bits per heavy atom. The van der Waals surface area contributed by atoms with Gasteiger partial charge in [-0.05, 0) is 35.4 Å². The standard InChI is InChI=1S/C25H24N2O5S/c1-3-26(16-18-9-5-4-6-10-18)33(30,31)23-15-19(13-14-22(23)32-2)17-27-24(28)20-11-7-8-12-21(20)25(27)29/h4-15H,3,16-17H2,1-2H3. The van der Waals surface area contributed by atoms with E-state index in [2.05, 4.69) is 0 Å². The molecule has 1 aliphatic heterocycles. The molecular weight excluding hydrogens is 440 g/mol. The molecule has 33 heavy (non-hydrogen) atoms. The van der Waals surface area contributed by atoms with E-state index < -0.39 is 21.8 Å². The van der Waals surface area contributed by atoms with Gasteiger partial charge in [-0.2, -0.15) is 4.31 Å². The minimum absolute atomic E-state index is 0.00288. The lowest BCUT2D eigenvalue weighted by atomic mass is 10.1. The summed E-state index contributed by atoms with van der Waals surface area (Å²) in [5.41, 5.74) is 2.08. The summed E-state index contributed by atoms with van der Waals surface area (Å²) in [5, 5.41) is 0.